The molecule has 1 N–H and O–H groups in total. The largest absolute Gasteiger partial charge is 0.351 e. The molecule has 1 saturated heterocycles. The van der Waals surface area contributed by atoms with E-state index in [4.69, 9.17) is 0 Å². The molecule has 6 nitrogen and oxygen atoms in total. The van der Waals surface area contributed by atoms with Crippen LogP contribution in [0.5, 0.6) is 0 Å². The van der Waals surface area contributed by atoms with Gasteiger partial charge in [0.25, 0.3) is 5.91 Å². The van der Waals surface area contributed by atoms with Crippen LogP contribution >= 0.6 is 11.3 Å². The molecule has 2 aromatic heterocycles. The van der Waals surface area contributed by atoms with Crippen molar-refractivity contribution in [3.05, 3.63) is 29.3 Å². The number of sulfone groups is 1. The first-order chi connectivity index (χ1) is 11.0. The van der Waals surface area contributed by atoms with E-state index in [0.717, 1.165) is 17.0 Å². The fourth-order valence-electron chi connectivity index (χ4n) is 2.69. The molecule has 0 unspecified atom stereocenters. The van der Waals surface area contributed by atoms with E-state index in [1.54, 1.807) is 22.1 Å². The molecule has 0 bridgehead atoms. The minimum Gasteiger partial charge on any atom is -0.351 e. The van der Waals surface area contributed by atoms with Crippen molar-refractivity contribution in [2.24, 2.45) is 0 Å². The van der Waals surface area contributed by atoms with Gasteiger partial charge in [-0.3, -0.25) is 9.48 Å². The van der Waals surface area contributed by atoms with E-state index in [1.165, 1.54) is 0 Å². The third kappa shape index (κ3) is 3.48. The summed E-state index contributed by atoms with van der Waals surface area (Å²) in [5, 5.41) is 9.18. The Morgan fingerprint density at radius 2 is 2.35 bits per heavy atom. The number of hydrogen-bond donors (Lipinski definition) is 1. The number of carbonyl (C=O) groups is 1. The van der Waals surface area contributed by atoms with E-state index in [2.05, 4.69) is 10.4 Å². The van der Waals surface area contributed by atoms with Gasteiger partial charge in [0.05, 0.1) is 28.1 Å². The van der Waals surface area contributed by atoms with E-state index in [0.29, 0.717) is 18.7 Å². The van der Waals surface area contributed by atoms with Crippen LogP contribution in [-0.4, -0.2) is 42.2 Å². The first-order valence-electron chi connectivity index (χ1n) is 7.62. The van der Waals surface area contributed by atoms with Crippen molar-refractivity contribution in [1.82, 2.24) is 15.1 Å². The summed E-state index contributed by atoms with van der Waals surface area (Å²) in [6.45, 7) is 2.58. The highest BCUT2D eigenvalue weighted by Gasteiger charge is 2.32. The lowest BCUT2D eigenvalue weighted by atomic mass is 10.2. The number of nitrogens with one attached hydrogen (secondary N) is 1. The zero-order valence-electron chi connectivity index (χ0n) is 12.9. The molecule has 2 aromatic rings. The molecule has 0 aromatic carbocycles. The molecule has 0 saturated carbocycles. The predicted molar refractivity (Wildman–Crippen MR) is 90.5 cm³/mol. The topological polar surface area (TPSA) is 81.1 Å². The van der Waals surface area contributed by atoms with Gasteiger partial charge in [0.15, 0.2) is 15.5 Å². The van der Waals surface area contributed by atoms with Crippen molar-refractivity contribution in [3.8, 4) is 10.6 Å². The number of hydrogen-bond acceptors (Lipinski definition) is 5. The average Bonchev–Trinajstić information content (AvgIpc) is 3.22. The monoisotopic (exact) mass is 353 g/mol. The highest BCUT2D eigenvalue weighted by atomic mass is 32.2. The van der Waals surface area contributed by atoms with Gasteiger partial charge in [-0.2, -0.15) is 5.10 Å². The summed E-state index contributed by atoms with van der Waals surface area (Å²) in [5.74, 6) is 0.0474. The Balaban J connectivity index is 1.96. The zero-order chi connectivity index (χ0) is 16.4. The number of aromatic nitrogens is 2. The Kier molecular flexibility index (Phi) is 4.54. The van der Waals surface area contributed by atoms with Crippen molar-refractivity contribution in [2.45, 2.75) is 25.8 Å². The number of amides is 1. The maximum Gasteiger partial charge on any atom is 0.271 e. The van der Waals surface area contributed by atoms with Crippen LogP contribution in [0.25, 0.3) is 10.6 Å². The highest BCUT2D eigenvalue weighted by Crippen LogP contribution is 2.32. The molecule has 0 aliphatic carbocycles. The molecule has 3 rings (SSSR count). The van der Waals surface area contributed by atoms with Crippen molar-refractivity contribution >= 4 is 27.1 Å². The van der Waals surface area contributed by atoms with E-state index in [9.17, 15) is 13.2 Å². The molecule has 0 radical (unpaired) electrons. The predicted octanol–water partition coefficient (Wildman–Crippen LogP) is 2.11. The summed E-state index contributed by atoms with van der Waals surface area (Å²) in [7, 11) is -3.01. The lowest BCUT2D eigenvalue weighted by Gasteiger charge is -2.12. The second-order valence-electron chi connectivity index (χ2n) is 5.65. The molecule has 1 aliphatic rings. The molecule has 0 spiro atoms. The van der Waals surface area contributed by atoms with Crippen molar-refractivity contribution in [2.75, 3.05) is 18.1 Å². The Hall–Kier alpha value is -1.67. The van der Waals surface area contributed by atoms with Crippen molar-refractivity contribution < 1.29 is 13.2 Å². The maximum absolute atomic E-state index is 12.2. The maximum atomic E-state index is 12.2. The van der Waals surface area contributed by atoms with E-state index in [1.807, 2.05) is 24.4 Å². The van der Waals surface area contributed by atoms with Crippen LogP contribution in [0.2, 0.25) is 0 Å². The summed E-state index contributed by atoms with van der Waals surface area (Å²) < 4.78 is 25.3. The van der Waals surface area contributed by atoms with Gasteiger partial charge in [0, 0.05) is 6.54 Å². The number of rotatable bonds is 5. The van der Waals surface area contributed by atoms with E-state index >= 15 is 0 Å². The van der Waals surface area contributed by atoms with Crippen LogP contribution in [0, 0.1) is 0 Å². The van der Waals surface area contributed by atoms with Crippen LogP contribution in [0.4, 0.5) is 0 Å². The van der Waals surface area contributed by atoms with Gasteiger partial charge >= 0.3 is 0 Å². The molecule has 1 aliphatic heterocycles. The summed E-state index contributed by atoms with van der Waals surface area (Å²) in [6, 6.07) is 5.43. The molecule has 1 amide bonds. The van der Waals surface area contributed by atoms with E-state index in [-0.39, 0.29) is 23.5 Å². The number of nitrogens with zero attached hydrogens (tertiary/aromatic N) is 2. The second kappa shape index (κ2) is 6.45. The SMILES string of the molecule is CCCNC(=O)c1cc(-c2cccs2)n([C@@H]2CCS(=O)(=O)C2)n1. The van der Waals surface area contributed by atoms with E-state index < -0.39 is 9.84 Å². The second-order valence-corrected chi connectivity index (χ2v) is 8.83. The van der Waals surface area contributed by atoms with Crippen LogP contribution in [0.3, 0.4) is 0 Å². The van der Waals surface area contributed by atoms with Crippen LogP contribution < -0.4 is 5.32 Å². The fraction of sp³-hybridized carbons (Fsp3) is 0.467. The smallest absolute Gasteiger partial charge is 0.271 e. The summed E-state index contributed by atoms with van der Waals surface area (Å²) in [6.07, 6.45) is 1.39. The van der Waals surface area contributed by atoms with Crippen molar-refractivity contribution in [1.29, 1.82) is 0 Å². The third-order valence-corrected chi connectivity index (χ3v) is 6.47. The zero-order valence-corrected chi connectivity index (χ0v) is 14.5. The van der Waals surface area contributed by atoms with Crippen LogP contribution in [0.15, 0.2) is 23.6 Å². The minimum atomic E-state index is -3.01. The van der Waals surface area contributed by atoms with Gasteiger partial charge in [-0.25, -0.2) is 8.42 Å². The van der Waals surface area contributed by atoms with Gasteiger partial charge in [-0.05, 0) is 30.4 Å². The normalized spacial score (nSPS) is 19.8. The first kappa shape index (κ1) is 16.2. The number of thiophene rings is 1. The third-order valence-electron chi connectivity index (χ3n) is 3.83. The molecule has 1 fully saturated rings. The van der Waals surface area contributed by atoms with Crippen LogP contribution in [0.1, 0.15) is 36.3 Å². The summed E-state index contributed by atoms with van der Waals surface area (Å²) >= 11 is 1.55. The molecule has 8 heteroatoms. The minimum absolute atomic E-state index is 0.0864. The molecule has 23 heavy (non-hydrogen) atoms. The highest BCUT2D eigenvalue weighted by molar-refractivity contribution is 7.91. The Morgan fingerprint density at radius 1 is 1.52 bits per heavy atom. The average molecular weight is 353 g/mol. The van der Waals surface area contributed by atoms with Gasteiger partial charge in [0.2, 0.25) is 0 Å². The Morgan fingerprint density at radius 3 is 2.96 bits per heavy atom. The van der Waals surface area contributed by atoms with Gasteiger partial charge in [-0.1, -0.05) is 13.0 Å². The standard InChI is InChI=1S/C15H19N3O3S2/c1-2-6-16-15(19)12-9-13(14-4-3-7-22-14)18(17-12)11-5-8-23(20,21)10-11/h3-4,7,9,11H,2,5-6,8,10H2,1H3,(H,16,19)/t11-/m1/s1. The molecule has 1 atom stereocenters. The Bertz CT molecular complexity index is 794. The van der Waals surface area contributed by atoms with Crippen LogP contribution in [-0.2, 0) is 9.84 Å². The summed E-state index contributed by atoms with van der Waals surface area (Å²) in [5.41, 5.74) is 1.15. The van der Waals surface area contributed by atoms with Gasteiger partial charge in [-0.15, -0.1) is 11.3 Å². The Labute approximate surface area is 139 Å². The lowest BCUT2D eigenvalue weighted by Crippen LogP contribution is -2.25. The molecule has 124 valence electrons. The van der Waals surface area contributed by atoms with Crippen molar-refractivity contribution in [3.63, 3.8) is 0 Å². The fourth-order valence-corrected chi connectivity index (χ4v) is 5.12. The molecular formula is C15H19N3O3S2. The first-order valence-corrected chi connectivity index (χ1v) is 10.3. The number of carbonyl (C=O) groups excluding carboxylic acids is 1. The quantitative estimate of drug-likeness (QED) is 0.893. The molecule has 3 heterocycles. The molecular weight excluding hydrogens is 334 g/mol. The lowest BCUT2D eigenvalue weighted by molar-refractivity contribution is 0.0947. The van der Waals surface area contributed by atoms with Gasteiger partial charge < -0.3 is 5.32 Å². The van der Waals surface area contributed by atoms with Gasteiger partial charge in [0.1, 0.15) is 0 Å². The summed E-state index contributed by atoms with van der Waals surface area (Å²) in [4.78, 5) is 13.2.